The van der Waals surface area contributed by atoms with Crippen LogP contribution in [0.5, 0.6) is 0 Å². The SMILES string of the molecule is NC(CCC(=O)O)C(=O)OC(=O)CC[C@H](N)C(=O)O. The van der Waals surface area contributed by atoms with Crippen molar-refractivity contribution in [2.75, 3.05) is 0 Å². The molecule has 6 N–H and O–H groups in total. The van der Waals surface area contributed by atoms with Crippen LogP contribution in [0.25, 0.3) is 0 Å². The second-order valence-electron chi connectivity index (χ2n) is 3.82. The first-order valence-corrected chi connectivity index (χ1v) is 5.44. The average molecular weight is 276 g/mol. The van der Waals surface area contributed by atoms with Gasteiger partial charge in [-0.1, -0.05) is 0 Å². The molecule has 0 spiro atoms. The Kier molecular flexibility index (Phi) is 7.30. The van der Waals surface area contributed by atoms with E-state index in [1.807, 2.05) is 0 Å². The van der Waals surface area contributed by atoms with Crippen molar-refractivity contribution in [1.29, 1.82) is 0 Å². The van der Waals surface area contributed by atoms with Gasteiger partial charge in [0, 0.05) is 12.8 Å². The van der Waals surface area contributed by atoms with Crippen molar-refractivity contribution in [3.63, 3.8) is 0 Å². The van der Waals surface area contributed by atoms with E-state index in [-0.39, 0.29) is 25.7 Å². The number of carboxylic acids is 2. The summed E-state index contributed by atoms with van der Waals surface area (Å²) in [5, 5.41) is 16.8. The summed E-state index contributed by atoms with van der Waals surface area (Å²) in [6, 6.07) is -2.43. The van der Waals surface area contributed by atoms with Gasteiger partial charge in [0.2, 0.25) is 0 Å². The van der Waals surface area contributed by atoms with Gasteiger partial charge in [0.1, 0.15) is 12.1 Å². The Morgan fingerprint density at radius 1 is 0.947 bits per heavy atom. The summed E-state index contributed by atoms with van der Waals surface area (Å²) < 4.78 is 4.33. The van der Waals surface area contributed by atoms with Gasteiger partial charge in [-0.15, -0.1) is 0 Å². The fourth-order valence-corrected chi connectivity index (χ4v) is 1.03. The Morgan fingerprint density at radius 2 is 1.47 bits per heavy atom. The van der Waals surface area contributed by atoms with E-state index in [0.717, 1.165) is 0 Å². The molecule has 0 saturated heterocycles. The molecule has 0 bridgehead atoms. The largest absolute Gasteiger partial charge is 0.481 e. The summed E-state index contributed by atoms with van der Waals surface area (Å²) in [7, 11) is 0. The maximum atomic E-state index is 11.2. The van der Waals surface area contributed by atoms with Crippen LogP contribution < -0.4 is 11.5 Å². The van der Waals surface area contributed by atoms with Gasteiger partial charge in [-0.05, 0) is 12.8 Å². The molecule has 9 nitrogen and oxygen atoms in total. The highest BCUT2D eigenvalue weighted by molar-refractivity contribution is 5.88. The molecule has 19 heavy (non-hydrogen) atoms. The summed E-state index contributed by atoms with van der Waals surface area (Å²) in [6.45, 7) is 0. The molecule has 0 fully saturated rings. The zero-order valence-corrected chi connectivity index (χ0v) is 10.1. The Labute approximate surface area is 108 Å². The van der Waals surface area contributed by atoms with E-state index in [2.05, 4.69) is 4.74 Å². The molecule has 0 aromatic carbocycles. The van der Waals surface area contributed by atoms with E-state index in [0.29, 0.717) is 0 Å². The molecule has 0 aliphatic rings. The molecule has 0 saturated carbocycles. The molecular formula is C10H16N2O7. The summed E-state index contributed by atoms with van der Waals surface area (Å²) in [5.41, 5.74) is 10.5. The van der Waals surface area contributed by atoms with Crippen molar-refractivity contribution in [3.8, 4) is 0 Å². The minimum atomic E-state index is -1.27. The van der Waals surface area contributed by atoms with Gasteiger partial charge in [-0.2, -0.15) is 0 Å². The predicted molar refractivity (Wildman–Crippen MR) is 60.8 cm³/mol. The second-order valence-corrected chi connectivity index (χ2v) is 3.82. The highest BCUT2D eigenvalue weighted by atomic mass is 16.6. The zero-order chi connectivity index (χ0) is 15.0. The first-order chi connectivity index (χ1) is 8.73. The first kappa shape index (κ1) is 17.0. The monoisotopic (exact) mass is 276 g/mol. The zero-order valence-electron chi connectivity index (χ0n) is 10.1. The number of carbonyl (C=O) groups excluding carboxylic acids is 2. The van der Waals surface area contributed by atoms with Crippen LogP contribution in [-0.2, 0) is 23.9 Å². The first-order valence-electron chi connectivity index (χ1n) is 5.44. The second kappa shape index (κ2) is 8.16. The number of esters is 2. The van der Waals surface area contributed by atoms with E-state index in [9.17, 15) is 19.2 Å². The molecule has 1 unspecified atom stereocenters. The molecule has 0 amide bonds. The van der Waals surface area contributed by atoms with Crippen molar-refractivity contribution in [1.82, 2.24) is 0 Å². The minimum absolute atomic E-state index is 0.157. The molecule has 9 heteroatoms. The van der Waals surface area contributed by atoms with E-state index in [1.165, 1.54) is 0 Å². The average Bonchev–Trinajstić information content (AvgIpc) is 2.32. The number of carboxylic acid groups (broad SMARTS) is 2. The lowest BCUT2D eigenvalue weighted by Crippen LogP contribution is -2.35. The van der Waals surface area contributed by atoms with Crippen LogP contribution >= 0.6 is 0 Å². The molecular weight excluding hydrogens is 260 g/mol. The lowest BCUT2D eigenvalue weighted by atomic mass is 10.1. The van der Waals surface area contributed by atoms with Gasteiger partial charge in [0.15, 0.2) is 0 Å². The van der Waals surface area contributed by atoms with Gasteiger partial charge < -0.3 is 26.4 Å². The smallest absolute Gasteiger partial charge is 0.330 e. The number of nitrogens with two attached hydrogens (primary N) is 2. The van der Waals surface area contributed by atoms with Crippen molar-refractivity contribution >= 4 is 23.9 Å². The van der Waals surface area contributed by atoms with Crippen LogP contribution in [0, 0.1) is 0 Å². The number of hydrogen-bond acceptors (Lipinski definition) is 7. The quantitative estimate of drug-likeness (QED) is 0.302. The molecule has 0 aliphatic heterocycles. The van der Waals surface area contributed by atoms with Crippen LogP contribution in [-0.4, -0.2) is 46.2 Å². The lowest BCUT2D eigenvalue weighted by molar-refractivity contribution is -0.160. The van der Waals surface area contributed by atoms with Gasteiger partial charge in [0.05, 0.1) is 0 Å². The number of carbonyl (C=O) groups is 4. The van der Waals surface area contributed by atoms with Crippen LogP contribution in [0.15, 0.2) is 0 Å². The molecule has 0 heterocycles. The van der Waals surface area contributed by atoms with Gasteiger partial charge in [-0.3, -0.25) is 14.4 Å². The highest BCUT2D eigenvalue weighted by Crippen LogP contribution is 2.01. The Balaban J connectivity index is 4.01. The van der Waals surface area contributed by atoms with Gasteiger partial charge >= 0.3 is 23.9 Å². The summed E-state index contributed by atoms with van der Waals surface area (Å²) in [5.74, 6) is -4.39. The third kappa shape index (κ3) is 7.84. The predicted octanol–water partition coefficient (Wildman–Crippen LogP) is -1.56. The molecule has 0 aromatic rings. The fourth-order valence-electron chi connectivity index (χ4n) is 1.03. The molecule has 0 radical (unpaired) electrons. The standard InChI is InChI=1S/C10H16N2O7/c11-5(9(16)17)2-4-8(15)19-10(18)6(12)1-3-7(13)14/h5-6H,1-4,11-12H2,(H,13,14)(H,16,17)/t5-,6?/m0/s1. The van der Waals surface area contributed by atoms with Crippen molar-refractivity contribution in [3.05, 3.63) is 0 Å². The topological polar surface area (TPSA) is 170 Å². The van der Waals surface area contributed by atoms with Gasteiger partial charge in [-0.25, -0.2) is 4.79 Å². The normalized spacial score (nSPS) is 13.4. The number of hydrogen-bond donors (Lipinski definition) is 4. The number of rotatable bonds is 8. The maximum Gasteiger partial charge on any atom is 0.330 e. The van der Waals surface area contributed by atoms with Crippen LogP contribution in [0.3, 0.4) is 0 Å². The van der Waals surface area contributed by atoms with E-state index in [1.54, 1.807) is 0 Å². The van der Waals surface area contributed by atoms with Crippen LogP contribution in [0.4, 0.5) is 0 Å². The minimum Gasteiger partial charge on any atom is -0.481 e. The van der Waals surface area contributed by atoms with E-state index < -0.39 is 36.0 Å². The van der Waals surface area contributed by atoms with Gasteiger partial charge in [0.25, 0.3) is 0 Å². The van der Waals surface area contributed by atoms with Crippen molar-refractivity contribution < 1.29 is 34.1 Å². The Morgan fingerprint density at radius 3 is 1.95 bits per heavy atom. The molecule has 0 aromatic heterocycles. The Hall–Kier alpha value is -2.00. The van der Waals surface area contributed by atoms with E-state index >= 15 is 0 Å². The van der Waals surface area contributed by atoms with Crippen molar-refractivity contribution in [2.45, 2.75) is 37.8 Å². The summed E-state index contributed by atoms with van der Waals surface area (Å²) >= 11 is 0. The van der Waals surface area contributed by atoms with E-state index in [4.69, 9.17) is 21.7 Å². The molecule has 0 aliphatic carbocycles. The maximum absolute atomic E-state index is 11.2. The third-order valence-corrected chi connectivity index (χ3v) is 2.16. The number of ether oxygens (including phenoxy) is 1. The van der Waals surface area contributed by atoms with Crippen LogP contribution in [0.1, 0.15) is 25.7 Å². The summed E-state index contributed by atoms with van der Waals surface area (Å²) in [6.07, 6.45) is -0.999. The lowest BCUT2D eigenvalue weighted by Gasteiger charge is -2.09. The molecule has 108 valence electrons. The molecule has 2 atom stereocenters. The summed E-state index contributed by atoms with van der Waals surface area (Å²) in [4.78, 5) is 43.0. The van der Waals surface area contributed by atoms with Crippen LogP contribution in [0.2, 0.25) is 0 Å². The third-order valence-electron chi connectivity index (χ3n) is 2.16. The fraction of sp³-hybridized carbons (Fsp3) is 0.600. The molecule has 0 rings (SSSR count). The number of aliphatic carboxylic acids is 2. The Bertz CT molecular complexity index is 369. The highest BCUT2D eigenvalue weighted by Gasteiger charge is 2.21. The van der Waals surface area contributed by atoms with Crippen molar-refractivity contribution in [2.24, 2.45) is 11.5 Å².